The summed E-state index contributed by atoms with van der Waals surface area (Å²) in [5.74, 6) is 1.74. The van der Waals surface area contributed by atoms with Gasteiger partial charge in [-0.25, -0.2) is 4.98 Å². The Bertz CT molecular complexity index is 362. The van der Waals surface area contributed by atoms with Crippen molar-refractivity contribution in [2.45, 2.75) is 44.8 Å². The topological polar surface area (TPSA) is 52.0 Å². The molecule has 5 heteroatoms. The Morgan fingerprint density at radius 2 is 2.33 bits per heavy atom. The van der Waals surface area contributed by atoms with Crippen LogP contribution in [-0.2, 0) is 18.2 Å². The van der Waals surface area contributed by atoms with E-state index in [1.165, 1.54) is 12.8 Å². The second-order valence-electron chi connectivity index (χ2n) is 5.10. The molecule has 1 aliphatic rings. The number of nitrogens with one attached hydrogen (secondary N) is 1. The van der Waals surface area contributed by atoms with Gasteiger partial charge < -0.3 is 10.1 Å². The third-order valence-electron chi connectivity index (χ3n) is 3.62. The van der Waals surface area contributed by atoms with Crippen molar-refractivity contribution in [3.63, 3.8) is 0 Å². The molecule has 1 fully saturated rings. The minimum absolute atomic E-state index is 0.299. The largest absolute Gasteiger partial charge is 0.380 e. The summed E-state index contributed by atoms with van der Waals surface area (Å²) in [5.41, 5.74) is 0. The molecule has 0 bridgehead atoms. The summed E-state index contributed by atoms with van der Waals surface area (Å²) in [5, 5.41) is 7.73. The summed E-state index contributed by atoms with van der Waals surface area (Å²) in [7, 11) is 3.76. The third-order valence-corrected chi connectivity index (χ3v) is 3.62. The van der Waals surface area contributed by atoms with Crippen LogP contribution >= 0.6 is 0 Å². The molecule has 0 saturated heterocycles. The Balaban J connectivity index is 2.01. The number of aromatic nitrogens is 3. The molecule has 2 rings (SSSR count). The van der Waals surface area contributed by atoms with E-state index >= 15 is 0 Å². The summed E-state index contributed by atoms with van der Waals surface area (Å²) in [6.07, 6.45) is 6.52. The Kier molecular flexibility index (Phi) is 4.72. The van der Waals surface area contributed by atoms with Gasteiger partial charge in [-0.15, -0.1) is 0 Å². The van der Waals surface area contributed by atoms with Crippen LogP contribution in [0.15, 0.2) is 6.33 Å². The maximum absolute atomic E-state index is 5.70. The average molecular weight is 252 g/mol. The van der Waals surface area contributed by atoms with E-state index in [9.17, 15) is 0 Å². The normalized spacial score (nSPS) is 18.8. The lowest BCUT2D eigenvalue weighted by Crippen LogP contribution is -2.44. The Morgan fingerprint density at radius 1 is 1.56 bits per heavy atom. The van der Waals surface area contributed by atoms with Crippen LogP contribution in [0.5, 0.6) is 0 Å². The van der Waals surface area contributed by atoms with Crippen LogP contribution in [0.1, 0.15) is 32.0 Å². The fourth-order valence-corrected chi connectivity index (χ4v) is 2.45. The molecule has 0 aliphatic heterocycles. The quantitative estimate of drug-likeness (QED) is 0.754. The maximum atomic E-state index is 5.70. The number of aryl methyl sites for hydroxylation is 1. The van der Waals surface area contributed by atoms with Crippen LogP contribution in [0, 0.1) is 5.92 Å². The first-order chi connectivity index (χ1) is 8.76. The van der Waals surface area contributed by atoms with E-state index in [0.29, 0.717) is 12.1 Å². The first-order valence-electron chi connectivity index (χ1n) is 6.85. The Morgan fingerprint density at radius 3 is 2.83 bits per heavy atom. The molecule has 18 heavy (non-hydrogen) atoms. The van der Waals surface area contributed by atoms with Gasteiger partial charge in [-0.05, 0) is 31.7 Å². The molecule has 1 N–H and O–H groups in total. The van der Waals surface area contributed by atoms with Crippen molar-refractivity contribution in [3.8, 4) is 0 Å². The van der Waals surface area contributed by atoms with E-state index < -0.39 is 0 Å². The summed E-state index contributed by atoms with van der Waals surface area (Å²) >= 11 is 0. The van der Waals surface area contributed by atoms with Gasteiger partial charge in [0.2, 0.25) is 0 Å². The minimum Gasteiger partial charge on any atom is -0.380 e. The monoisotopic (exact) mass is 252 g/mol. The fourth-order valence-electron chi connectivity index (χ4n) is 2.45. The summed E-state index contributed by atoms with van der Waals surface area (Å²) in [6.45, 7) is 3.21. The van der Waals surface area contributed by atoms with Crippen molar-refractivity contribution in [2.75, 3.05) is 13.7 Å². The zero-order chi connectivity index (χ0) is 13.0. The van der Waals surface area contributed by atoms with E-state index in [4.69, 9.17) is 4.74 Å². The average Bonchev–Trinajstić information content (AvgIpc) is 3.12. The first-order valence-corrected chi connectivity index (χ1v) is 6.85. The lowest BCUT2D eigenvalue weighted by atomic mass is 10.0. The predicted molar refractivity (Wildman–Crippen MR) is 70.3 cm³/mol. The van der Waals surface area contributed by atoms with E-state index in [0.717, 1.165) is 31.1 Å². The highest BCUT2D eigenvalue weighted by Crippen LogP contribution is 2.36. The number of ether oxygens (including phenoxy) is 1. The molecule has 1 heterocycles. The molecule has 1 aromatic heterocycles. The van der Waals surface area contributed by atoms with Crippen molar-refractivity contribution in [1.29, 1.82) is 0 Å². The molecule has 5 nitrogen and oxygen atoms in total. The van der Waals surface area contributed by atoms with Crippen LogP contribution in [0.25, 0.3) is 0 Å². The lowest BCUT2D eigenvalue weighted by Gasteiger charge is -2.26. The Labute approximate surface area is 109 Å². The van der Waals surface area contributed by atoms with Gasteiger partial charge in [0.15, 0.2) is 0 Å². The van der Waals surface area contributed by atoms with E-state index in [2.05, 4.69) is 22.3 Å². The lowest BCUT2D eigenvalue weighted by molar-refractivity contribution is 0.0503. The van der Waals surface area contributed by atoms with Crippen molar-refractivity contribution in [3.05, 3.63) is 12.2 Å². The Hall–Kier alpha value is -0.940. The van der Waals surface area contributed by atoms with Crippen molar-refractivity contribution in [1.82, 2.24) is 20.1 Å². The zero-order valence-electron chi connectivity index (χ0n) is 11.6. The second-order valence-corrected chi connectivity index (χ2v) is 5.10. The van der Waals surface area contributed by atoms with Crippen LogP contribution in [0.2, 0.25) is 0 Å². The summed E-state index contributed by atoms with van der Waals surface area (Å²) in [6, 6.07) is 0.338. The molecule has 1 saturated carbocycles. The van der Waals surface area contributed by atoms with Gasteiger partial charge in [0, 0.05) is 26.6 Å². The molecular weight excluding hydrogens is 228 g/mol. The maximum Gasteiger partial charge on any atom is 0.138 e. The molecule has 0 spiro atoms. The standard InChI is InChI=1S/C13H24N4O/c1-4-7-14-11(13(18-3)10-5-6-10)8-12-15-9-16-17(12)2/h9-11,13-14H,4-8H2,1-3H3. The van der Waals surface area contributed by atoms with Gasteiger partial charge in [0.05, 0.1) is 6.10 Å². The van der Waals surface area contributed by atoms with Gasteiger partial charge in [-0.3, -0.25) is 4.68 Å². The van der Waals surface area contributed by atoms with Gasteiger partial charge in [-0.2, -0.15) is 5.10 Å². The smallest absolute Gasteiger partial charge is 0.138 e. The molecule has 0 aromatic carbocycles. The summed E-state index contributed by atoms with van der Waals surface area (Å²) < 4.78 is 7.55. The van der Waals surface area contributed by atoms with Crippen molar-refractivity contribution < 1.29 is 4.74 Å². The van der Waals surface area contributed by atoms with E-state index in [1.54, 1.807) is 6.33 Å². The molecule has 1 aromatic rings. The summed E-state index contributed by atoms with van der Waals surface area (Å²) in [4.78, 5) is 4.32. The first kappa shape index (κ1) is 13.5. The van der Waals surface area contributed by atoms with Crippen LogP contribution in [-0.4, -0.2) is 40.6 Å². The molecule has 2 atom stereocenters. The molecule has 102 valence electrons. The van der Waals surface area contributed by atoms with Gasteiger partial charge >= 0.3 is 0 Å². The fraction of sp³-hybridized carbons (Fsp3) is 0.846. The van der Waals surface area contributed by atoms with Crippen LogP contribution < -0.4 is 5.32 Å². The number of rotatable bonds is 8. The van der Waals surface area contributed by atoms with Gasteiger partial charge in [0.1, 0.15) is 12.2 Å². The van der Waals surface area contributed by atoms with Gasteiger partial charge in [0.25, 0.3) is 0 Å². The van der Waals surface area contributed by atoms with Crippen LogP contribution in [0.4, 0.5) is 0 Å². The SMILES string of the molecule is CCCNC(Cc1ncnn1C)C(OC)C1CC1. The number of methoxy groups -OCH3 is 1. The highest BCUT2D eigenvalue weighted by Gasteiger charge is 2.37. The highest BCUT2D eigenvalue weighted by molar-refractivity contribution is 4.97. The highest BCUT2D eigenvalue weighted by atomic mass is 16.5. The van der Waals surface area contributed by atoms with Crippen molar-refractivity contribution in [2.24, 2.45) is 13.0 Å². The zero-order valence-corrected chi connectivity index (χ0v) is 11.6. The number of hydrogen-bond donors (Lipinski definition) is 1. The van der Waals surface area contributed by atoms with E-state index in [1.807, 2.05) is 18.8 Å². The molecule has 0 amide bonds. The van der Waals surface area contributed by atoms with E-state index in [-0.39, 0.29) is 0 Å². The van der Waals surface area contributed by atoms with Crippen LogP contribution in [0.3, 0.4) is 0 Å². The molecule has 1 aliphatic carbocycles. The molecule has 2 unspecified atom stereocenters. The van der Waals surface area contributed by atoms with Crippen molar-refractivity contribution >= 4 is 0 Å². The number of hydrogen-bond acceptors (Lipinski definition) is 4. The second kappa shape index (κ2) is 6.29. The molecular formula is C13H24N4O. The third kappa shape index (κ3) is 3.29. The predicted octanol–water partition coefficient (Wildman–Crippen LogP) is 1.15. The minimum atomic E-state index is 0.299. The number of nitrogens with zero attached hydrogens (tertiary/aromatic N) is 3. The van der Waals surface area contributed by atoms with Gasteiger partial charge in [-0.1, -0.05) is 6.92 Å². The molecule has 0 radical (unpaired) electrons.